The molecular formula is C35H28BrFN2O5. The van der Waals surface area contributed by atoms with Crippen LogP contribution in [0.5, 0.6) is 0 Å². The zero-order valence-electron chi connectivity index (χ0n) is 24.1. The smallest absolute Gasteiger partial charge is 0.339 e. The second kappa shape index (κ2) is 11.9. The van der Waals surface area contributed by atoms with Crippen LogP contribution in [0.1, 0.15) is 46.5 Å². The number of amides is 2. The first kappa shape index (κ1) is 29.6. The number of nitrogens with zero attached hydrogens (tertiary/aromatic N) is 2. The number of rotatable bonds is 7. The summed E-state index contributed by atoms with van der Waals surface area (Å²) >= 11 is 3.52. The van der Waals surface area contributed by atoms with E-state index in [1.807, 2.05) is 32.1 Å². The van der Waals surface area contributed by atoms with Gasteiger partial charge in [-0.2, -0.15) is 0 Å². The van der Waals surface area contributed by atoms with E-state index < -0.39 is 24.2 Å². The molecule has 1 fully saturated rings. The number of aryl methyl sites for hydroxylation is 1. The molecule has 0 saturated carbocycles. The fraction of sp³-hybridized carbons (Fsp3) is 0.229. The SMILES string of the molecule is CCc1cc(Br)cc2c(C(=O)OCC(=O)c3ccc(F)cc3)cc(-c3ccc(N4C(=O)C5CC=CC(C)C5C4=O)cc3)nc12. The highest BCUT2D eigenvalue weighted by Gasteiger charge is 2.50. The average molecular weight is 656 g/mol. The van der Waals surface area contributed by atoms with Gasteiger partial charge in [0.2, 0.25) is 11.8 Å². The minimum absolute atomic E-state index is 0.00627. The van der Waals surface area contributed by atoms with E-state index in [1.165, 1.54) is 29.2 Å². The second-order valence-electron chi connectivity index (χ2n) is 11.1. The molecule has 44 heavy (non-hydrogen) atoms. The first-order chi connectivity index (χ1) is 21.2. The molecule has 3 atom stereocenters. The number of benzene rings is 3. The zero-order valence-corrected chi connectivity index (χ0v) is 25.6. The number of aromatic nitrogens is 1. The summed E-state index contributed by atoms with van der Waals surface area (Å²) in [6.45, 7) is 3.43. The van der Waals surface area contributed by atoms with E-state index in [9.17, 15) is 23.6 Å². The van der Waals surface area contributed by atoms with Gasteiger partial charge >= 0.3 is 5.97 Å². The van der Waals surface area contributed by atoms with Gasteiger partial charge in [0.1, 0.15) is 5.82 Å². The number of imide groups is 1. The van der Waals surface area contributed by atoms with Gasteiger partial charge < -0.3 is 4.74 Å². The van der Waals surface area contributed by atoms with Crippen LogP contribution in [0.3, 0.4) is 0 Å². The number of ether oxygens (including phenoxy) is 1. The number of fused-ring (bicyclic) bond motifs is 2. The fourth-order valence-electron chi connectivity index (χ4n) is 6.06. The Morgan fingerprint density at radius 2 is 1.75 bits per heavy atom. The van der Waals surface area contributed by atoms with Crippen molar-refractivity contribution < 1.29 is 28.3 Å². The molecule has 3 unspecified atom stereocenters. The summed E-state index contributed by atoms with van der Waals surface area (Å²) < 4.78 is 19.5. The van der Waals surface area contributed by atoms with E-state index in [4.69, 9.17) is 9.72 Å². The van der Waals surface area contributed by atoms with Gasteiger partial charge in [0.15, 0.2) is 12.4 Å². The van der Waals surface area contributed by atoms with Crippen molar-refractivity contribution in [2.24, 2.45) is 17.8 Å². The van der Waals surface area contributed by atoms with E-state index in [1.54, 1.807) is 36.4 Å². The number of anilines is 1. The predicted molar refractivity (Wildman–Crippen MR) is 168 cm³/mol. The van der Waals surface area contributed by atoms with Crippen LogP contribution in [0.15, 0.2) is 83.4 Å². The van der Waals surface area contributed by atoms with Gasteiger partial charge in [0, 0.05) is 21.0 Å². The summed E-state index contributed by atoms with van der Waals surface area (Å²) in [7, 11) is 0. The standard InChI is InChI=1S/C35H28BrFN2O5/c1-3-20-15-23(36)16-27-28(35(43)44-18-30(40)22-7-11-24(37)12-8-22)17-29(38-32(20)27)21-9-13-25(14-10-21)39-33(41)26-6-4-5-19(2)31(26)34(39)42/h4-5,7-17,19,26,31H,3,6,18H2,1-2H3. The summed E-state index contributed by atoms with van der Waals surface area (Å²) in [5, 5.41) is 0.564. The van der Waals surface area contributed by atoms with Gasteiger partial charge in [-0.1, -0.05) is 54.1 Å². The Hall–Kier alpha value is -4.50. The molecule has 2 aliphatic rings. The molecule has 3 aromatic carbocycles. The van der Waals surface area contributed by atoms with Crippen LogP contribution in [0, 0.1) is 23.6 Å². The quantitative estimate of drug-likeness (QED) is 0.0913. The monoisotopic (exact) mass is 654 g/mol. The Morgan fingerprint density at radius 3 is 2.43 bits per heavy atom. The summed E-state index contributed by atoms with van der Waals surface area (Å²) in [5.41, 5.74) is 3.63. The van der Waals surface area contributed by atoms with Gasteiger partial charge in [0.25, 0.3) is 0 Å². The Bertz CT molecular complexity index is 1850. The Labute approximate surface area is 261 Å². The van der Waals surface area contributed by atoms with Crippen molar-refractivity contribution in [3.63, 3.8) is 0 Å². The molecule has 7 nitrogen and oxygen atoms in total. The highest BCUT2D eigenvalue weighted by molar-refractivity contribution is 9.10. The van der Waals surface area contributed by atoms with Gasteiger partial charge in [-0.25, -0.2) is 14.2 Å². The lowest BCUT2D eigenvalue weighted by Crippen LogP contribution is -2.31. The Balaban J connectivity index is 1.33. The van der Waals surface area contributed by atoms with Crippen molar-refractivity contribution in [3.05, 3.63) is 106 Å². The largest absolute Gasteiger partial charge is 0.454 e. The lowest BCUT2D eigenvalue weighted by molar-refractivity contribution is -0.122. The van der Waals surface area contributed by atoms with Crippen molar-refractivity contribution in [1.82, 2.24) is 4.98 Å². The minimum Gasteiger partial charge on any atom is -0.454 e. The minimum atomic E-state index is -0.704. The summed E-state index contributed by atoms with van der Waals surface area (Å²) in [5.74, 6) is -2.72. The van der Waals surface area contributed by atoms with Crippen LogP contribution in [-0.2, 0) is 20.7 Å². The summed E-state index contributed by atoms with van der Waals surface area (Å²) in [6, 6.07) is 17.3. The number of hydrogen-bond acceptors (Lipinski definition) is 6. The molecule has 0 bridgehead atoms. The molecule has 4 aromatic rings. The van der Waals surface area contributed by atoms with Crippen LogP contribution in [0.4, 0.5) is 10.1 Å². The highest BCUT2D eigenvalue weighted by atomic mass is 79.9. The van der Waals surface area contributed by atoms with Crippen LogP contribution >= 0.6 is 15.9 Å². The maximum atomic E-state index is 13.4. The average Bonchev–Trinajstić information content (AvgIpc) is 3.29. The van der Waals surface area contributed by atoms with E-state index in [0.717, 1.165) is 10.0 Å². The molecular weight excluding hydrogens is 627 g/mol. The molecule has 9 heteroatoms. The van der Waals surface area contributed by atoms with Crippen molar-refractivity contribution in [2.45, 2.75) is 26.7 Å². The number of carbonyl (C=O) groups excluding carboxylic acids is 4. The van der Waals surface area contributed by atoms with Crippen LogP contribution in [0.2, 0.25) is 0 Å². The van der Waals surface area contributed by atoms with E-state index >= 15 is 0 Å². The number of esters is 1. The first-order valence-corrected chi connectivity index (χ1v) is 15.2. The van der Waals surface area contributed by atoms with Crippen LogP contribution < -0.4 is 4.90 Å². The molecule has 6 rings (SSSR count). The molecule has 1 aliphatic carbocycles. The third-order valence-electron chi connectivity index (χ3n) is 8.35. The van der Waals surface area contributed by atoms with Crippen molar-refractivity contribution in [3.8, 4) is 11.3 Å². The molecule has 1 aliphatic heterocycles. The number of ketones is 1. The maximum Gasteiger partial charge on any atom is 0.339 e. The zero-order chi connectivity index (χ0) is 31.1. The highest BCUT2D eigenvalue weighted by Crippen LogP contribution is 2.41. The first-order valence-electron chi connectivity index (χ1n) is 14.4. The van der Waals surface area contributed by atoms with E-state index in [2.05, 4.69) is 15.9 Å². The lowest BCUT2D eigenvalue weighted by Gasteiger charge is -2.22. The molecule has 2 amide bonds. The van der Waals surface area contributed by atoms with Gasteiger partial charge in [-0.15, -0.1) is 0 Å². The van der Waals surface area contributed by atoms with Crippen molar-refractivity contribution in [1.29, 1.82) is 0 Å². The fourth-order valence-corrected chi connectivity index (χ4v) is 6.56. The molecule has 0 spiro atoms. The van der Waals surface area contributed by atoms with E-state index in [-0.39, 0.29) is 40.7 Å². The Kier molecular flexibility index (Phi) is 7.98. The van der Waals surface area contributed by atoms with Crippen molar-refractivity contribution in [2.75, 3.05) is 11.5 Å². The lowest BCUT2D eigenvalue weighted by atomic mass is 9.78. The van der Waals surface area contributed by atoms with Crippen molar-refractivity contribution >= 4 is 56.1 Å². The second-order valence-corrected chi connectivity index (χ2v) is 12.0. The number of carbonyl (C=O) groups is 4. The predicted octanol–water partition coefficient (Wildman–Crippen LogP) is 7.11. The number of halogens is 2. The normalized spacial score (nSPS) is 19.4. The van der Waals surface area contributed by atoms with Gasteiger partial charge in [0.05, 0.1) is 34.3 Å². The maximum absolute atomic E-state index is 13.4. The molecule has 1 aromatic heterocycles. The van der Waals surface area contributed by atoms with Gasteiger partial charge in [-0.3, -0.25) is 19.3 Å². The number of allylic oxidation sites excluding steroid dienone is 2. The molecule has 2 heterocycles. The summed E-state index contributed by atoms with van der Waals surface area (Å²) in [6.07, 6.45) is 5.17. The molecule has 1 saturated heterocycles. The summed E-state index contributed by atoms with van der Waals surface area (Å²) in [4.78, 5) is 58.7. The van der Waals surface area contributed by atoms with Gasteiger partial charge in [-0.05, 0) is 78.9 Å². The van der Waals surface area contributed by atoms with Crippen LogP contribution in [-0.4, -0.2) is 35.2 Å². The molecule has 222 valence electrons. The van der Waals surface area contributed by atoms with E-state index in [0.29, 0.717) is 40.7 Å². The molecule has 0 radical (unpaired) electrons. The Morgan fingerprint density at radius 1 is 1.02 bits per heavy atom. The number of hydrogen-bond donors (Lipinski definition) is 0. The third-order valence-corrected chi connectivity index (χ3v) is 8.81. The number of pyridine rings is 1. The molecule has 0 N–H and O–H groups in total. The van der Waals surface area contributed by atoms with Crippen LogP contribution in [0.25, 0.3) is 22.2 Å². The topological polar surface area (TPSA) is 93.6 Å². The third kappa shape index (κ3) is 5.36. The number of Topliss-reactive ketones (excluding diaryl/α,β-unsaturated/α-hetero) is 1.